The van der Waals surface area contributed by atoms with Gasteiger partial charge in [0.05, 0.1) is 12.8 Å². The Morgan fingerprint density at radius 1 is 1.00 bits per heavy atom. The Balaban J connectivity index is 2.40. The largest absolute Gasteiger partial charge is 0.467 e. The number of hydrogen-bond acceptors (Lipinski definition) is 3. The van der Waals surface area contributed by atoms with Crippen LogP contribution in [0.2, 0.25) is 0 Å². The number of ether oxygens (including phenoxy) is 1. The lowest BCUT2D eigenvalue weighted by Gasteiger charge is -2.19. The van der Waals surface area contributed by atoms with Crippen molar-refractivity contribution in [1.82, 2.24) is 9.97 Å². The Bertz CT molecular complexity index is 568. The third-order valence-corrected chi connectivity index (χ3v) is 3.06. The summed E-state index contributed by atoms with van der Waals surface area (Å²) in [6.07, 6.45) is 0. The molecule has 2 aromatic rings. The summed E-state index contributed by atoms with van der Waals surface area (Å²) >= 11 is 0. The van der Waals surface area contributed by atoms with Gasteiger partial charge < -0.3 is 4.74 Å². The predicted octanol–water partition coefficient (Wildman–Crippen LogP) is 3.76. The monoisotopic (exact) mass is 256 g/mol. The van der Waals surface area contributed by atoms with Crippen molar-refractivity contribution < 1.29 is 4.74 Å². The molecule has 0 unspecified atom stereocenters. The molecule has 1 heterocycles. The number of methoxy groups -OCH3 is 1. The lowest BCUT2D eigenvalue weighted by molar-refractivity contribution is 0.379. The molecule has 0 atom stereocenters. The van der Waals surface area contributed by atoms with E-state index in [0.717, 1.165) is 17.0 Å². The molecule has 100 valence electrons. The molecular weight excluding hydrogens is 236 g/mol. The average molecular weight is 256 g/mol. The van der Waals surface area contributed by atoms with Gasteiger partial charge in [-0.1, -0.05) is 45.0 Å². The van der Waals surface area contributed by atoms with Crippen LogP contribution >= 0.6 is 0 Å². The number of rotatable bonds is 2. The number of benzene rings is 1. The minimum absolute atomic E-state index is 0.164. The van der Waals surface area contributed by atoms with Crippen LogP contribution in [0.5, 0.6) is 6.01 Å². The van der Waals surface area contributed by atoms with Gasteiger partial charge in [0.15, 0.2) is 0 Å². The zero-order valence-electron chi connectivity index (χ0n) is 12.2. The van der Waals surface area contributed by atoms with Crippen LogP contribution < -0.4 is 4.74 Å². The smallest absolute Gasteiger partial charge is 0.316 e. The van der Waals surface area contributed by atoms with Gasteiger partial charge in [0.1, 0.15) is 0 Å². The average Bonchev–Trinajstić information content (AvgIpc) is 2.37. The molecule has 2 rings (SSSR count). The zero-order chi connectivity index (χ0) is 14.0. The first-order valence-corrected chi connectivity index (χ1v) is 6.41. The van der Waals surface area contributed by atoms with Crippen molar-refractivity contribution in [3.05, 3.63) is 41.6 Å². The second-order valence-corrected chi connectivity index (χ2v) is 5.71. The maximum Gasteiger partial charge on any atom is 0.316 e. The van der Waals surface area contributed by atoms with Gasteiger partial charge >= 0.3 is 6.01 Å². The molecule has 0 amide bonds. The topological polar surface area (TPSA) is 35.0 Å². The Hall–Kier alpha value is -1.90. The molecule has 0 radical (unpaired) electrons. The Morgan fingerprint density at radius 3 is 2.16 bits per heavy atom. The van der Waals surface area contributed by atoms with Gasteiger partial charge in [0.2, 0.25) is 0 Å². The van der Waals surface area contributed by atoms with Gasteiger partial charge in [-0.2, -0.15) is 4.98 Å². The molecule has 0 aliphatic heterocycles. The molecule has 0 spiro atoms. The molecule has 1 aromatic carbocycles. The van der Waals surface area contributed by atoms with E-state index < -0.39 is 0 Å². The molecule has 0 saturated carbocycles. The van der Waals surface area contributed by atoms with Crippen LogP contribution in [0.3, 0.4) is 0 Å². The standard InChI is InChI=1S/C16H20N2O/c1-11-10-14(18-15(17-11)19-5)12-6-8-13(9-7-12)16(2,3)4/h6-10H,1-5H3. The normalized spacial score (nSPS) is 11.4. The summed E-state index contributed by atoms with van der Waals surface area (Å²) in [5.74, 6) is 0. The van der Waals surface area contributed by atoms with Crippen molar-refractivity contribution in [3.8, 4) is 17.3 Å². The first-order valence-electron chi connectivity index (χ1n) is 6.41. The van der Waals surface area contributed by atoms with E-state index >= 15 is 0 Å². The van der Waals surface area contributed by atoms with E-state index in [-0.39, 0.29) is 5.41 Å². The van der Waals surface area contributed by atoms with Gasteiger partial charge in [0, 0.05) is 11.3 Å². The van der Waals surface area contributed by atoms with Gasteiger partial charge in [-0.25, -0.2) is 4.98 Å². The molecule has 0 bridgehead atoms. The number of aryl methyl sites for hydroxylation is 1. The number of nitrogens with zero attached hydrogens (tertiary/aromatic N) is 2. The third-order valence-electron chi connectivity index (χ3n) is 3.06. The Morgan fingerprint density at radius 2 is 1.63 bits per heavy atom. The van der Waals surface area contributed by atoms with Crippen molar-refractivity contribution >= 4 is 0 Å². The van der Waals surface area contributed by atoms with Crippen LogP contribution in [0, 0.1) is 6.92 Å². The summed E-state index contributed by atoms with van der Waals surface area (Å²) in [4.78, 5) is 8.58. The molecular formula is C16H20N2O. The van der Waals surface area contributed by atoms with Crippen LogP contribution in [-0.2, 0) is 5.41 Å². The quantitative estimate of drug-likeness (QED) is 0.820. The summed E-state index contributed by atoms with van der Waals surface area (Å²) in [6.45, 7) is 8.57. The zero-order valence-corrected chi connectivity index (χ0v) is 12.2. The fourth-order valence-electron chi connectivity index (χ4n) is 1.92. The summed E-state index contributed by atoms with van der Waals surface area (Å²) in [6, 6.07) is 10.9. The summed E-state index contributed by atoms with van der Waals surface area (Å²) in [7, 11) is 1.58. The van der Waals surface area contributed by atoms with Crippen LogP contribution in [0.25, 0.3) is 11.3 Å². The highest BCUT2D eigenvalue weighted by molar-refractivity contribution is 5.60. The summed E-state index contributed by atoms with van der Waals surface area (Å²) < 4.78 is 5.11. The molecule has 3 nitrogen and oxygen atoms in total. The van der Waals surface area contributed by atoms with E-state index in [4.69, 9.17) is 4.74 Å². The Kier molecular flexibility index (Phi) is 3.56. The maximum absolute atomic E-state index is 5.11. The number of aromatic nitrogens is 2. The highest BCUT2D eigenvalue weighted by atomic mass is 16.5. The highest BCUT2D eigenvalue weighted by Gasteiger charge is 2.13. The van der Waals surface area contributed by atoms with Crippen molar-refractivity contribution in [2.24, 2.45) is 0 Å². The maximum atomic E-state index is 5.11. The van der Waals surface area contributed by atoms with Gasteiger partial charge in [-0.15, -0.1) is 0 Å². The van der Waals surface area contributed by atoms with Crippen LogP contribution in [-0.4, -0.2) is 17.1 Å². The minimum Gasteiger partial charge on any atom is -0.467 e. The molecule has 0 fully saturated rings. The molecule has 19 heavy (non-hydrogen) atoms. The SMILES string of the molecule is COc1nc(C)cc(-c2ccc(C(C)(C)C)cc2)n1. The third kappa shape index (κ3) is 3.11. The fourth-order valence-corrected chi connectivity index (χ4v) is 1.92. The Labute approximate surface area is 114 Å². The lowest BCUT2D eigenvalue weighted by Crippen LogP contribution is -2.10. The molecule has 0 aliphatic carbocycles. The van der Waals surface area contributed by atoms with E-state index in [9.17, 15) is 0 Å². The van der Waals surface area contributed by atoms with Crippen molar-refractivity contribution in [3.63, 3.8) is 0 Å². The van der Waals surface area contributed by atoms with Crippen molar-refractivity contribution in [2.75, 3.05) is 7.11 Å². The van der Waals surface area contributed by atoms with Gasteiger partial charge in [0.25, 0.3) is 0 Å². The number of hydrogen-bond donors (Lipinski definition) is 0. The molecule has 3 heteroatoms. The molecule has 0 N–H and O–H groups in total. The second kappa shape index (κ2) is 5.00. The van der Waals surface area contributed by atoms with E-state index in [1.807, 2.05) is 13.0 Å². The van der Waals surface area contributed by atoms with Crippen LogP contribution in [0.4, 0.5) is 0 Å². The van der Waals surface area contributed by atoms with Crippen LogP contribution in [0.15, 0.2) is 30.3 Å². The fraction of sp³-hybridized carbons (Fsp3) is 0.375. The van der Waals surface area contributed by atoms with Gasteiger partial charge in [-0.05, 0) is 24.0 Å². The van der Waals surface area contributed by atoms with Crippen LogP contribution in [0.1, 0.15) is 32.0 Å². The summed E-state index contributed by atoms with van der Waals surface area (Å²) in [5, 5.41) is 0. The van der Waals surface area contributed by atoms with Crippen molar-refractivity contribution in [2.45, 2.75) is 33.1 Å². The molecule has 0 aliphatic rings. The first kappa shape index (κ1) is 13.5. The minimum atomic E-state index is 0.164. The predicted molar refractivity (Wildman–Crippen MR) is 77.5 cm³/mol. The summed E-state index contributed by atoms with van der Waals surface area (Å²) in [5.41, 5.74) is 4.36. The lowest BCUT2D eigenvalue weighted by atomic mass is 9.86. The van der Waals surface area contributed by atoms with E-state index in [0.29, 0.717) is 6.01 Å². The van der Waals surface area contributed by atoms with E-state index in [1.165, 1.54) is 5.56 Å². The van der Waals surface area contributed by atoms with Gasteiger partial charge in [-0.3, -0.25) is 0 Å². The molecule has 1 aromatic heterocycles. The highest BCUT2D eigenvalue weighted by Crippen LogP contribution is 2.26. The van der Waals surface area contributed by atoms with E-state index in [2.05, 4.69) is 55.0 Å². The van der Waals surface area contributed by atoms with Crippen molar-refractivity contribution in [1.29, 1.82) is 0 Å². The van der Waals surface area contributed by atoms with E-state index in [1.54, 1.807) is 7.11 Å². The second-order valence-electron chi connectivity index (χ2n) is 5.71. The molecule has 0 saturated heterocycles. The first-order chi connectivity index (χ1) is 8.90.